The van der Waals surface area contributed by atoms with Crippen molar-refractivity contribution in [2.24, 2.45) is 0 Å². The zero-order valence-electron chi connectivity index (χ0n) is 14.6. The minimum Gasteiger partial charge on any atom is -0.394 e. The third kappa shape index (κ3) is 2.47. The minimum absolute atomic E-state index is 0.114. The van der Waals surface area contributed by atoms with Gasteiger partial charge in [0.2, 0.25) is 0 Å². The highest BCUT2D eigenvalue weighted by molar-refractivity contribution is 6.15. The van der Waals surface area contributed by atoms with Crippen molar-refractivity contribution in [1.29, 1.82) is 0 Å². The van der Waals surface area contributed by atoms with Gasteiger partial charge < -0.3 is 15.5 Å². The van der Waals surface area contributed by atoms with E-state index in [0.717, 1.165) is 0 Å². The normalized spacial score (nSPS) is 15.8. The van der Waals surface area contributed by atoms with Gasteiger partial charge in [-0.05, 0) is 52.4 Å². The van der Waals surface area contributed by atoms with Crippen molar-refractivity contribution in [1.82, 2.24) is 5.32 Å². The first kappa shape index (κ1) is 16.3. The lowest BCUT2D eigenvalue weighted by atomic mass is 9.95. The summed E-state index contributed by atoms with van der Waals surface area (Å²) in [5.74, 6) is 0. The van der Waals surface area contributed by atoms with E-state index in [1.54, 1.807) is 6.92 Å². The topological polar surface area (TPSA) is 52.5 Å². The molecule has 128 valence electrons. The van der Waals surface area contributed by atoms with Crippen LogP contribution in [-0.4, -0.2) is 28.5 Å². The van der Waals surface area contributed by atoms with E-state index in [4.69, 9.17) is 0 Å². The van der Waals surface area contributed by atoms with Gasteiger partial charge in [-0.15, -0.1) is 0 Å². The Morgan fingerprint density at radius 3 is 2.20 bits per heavy atom. The largest absolute Gasteiger partial charge is 0.394 e. The van der Waals surface area contributed by atoms with Gasteiger partial charge in [-0.2, -0.15) is 0 Å². The molecule has 0 unspecified atom stereocenters. The van der Waals surface area contributed by atoms with E-state index in [2.05, 4.69) is 59.9 Å². The molecule has 3 nitrogen and oxygen atoms in total. The third-order valence-corrected chi connectivity index (χ3v) is 5.57. The van der Waals surface area contributed by atoms with Crippen LogP contribution in [-0.2, 0) is 6.54 Å². The minimum atomic E-state index is -0.717. The fourth-order valence-electron chi connectivity index (χ4n) is 3.66. The molecule has 3 N–H and O–H groups in total. The number of fused-ring (bicyclic) bond motifs is 3. The van der Waals surface area contributed by atoms with Crippen LogP contribution < -0.4 is 5.32 Å². The zero-order chi connectivity index (χ0) is 17.6. The third-order valence-electron chi connectivity index (χ3n) is 5.57. The van der Waals surface area contributed by atoms with Crippen LogP contribution in [0.2, 0.25) is 0 Å². The molecule has 0 heterocycles. The molecule has 0 bridgehead atoms. The van der Waals surface area contributed by atoms with Crippen molar-refractivity contribution in [2.45, 2.75) is 32.0 Å². The van der Waals surface area contributed by atoms with Gasteiger partial charge in [0.25, 0.3) is 0 Å². The lowest BCUT2D eigenvalue weighted by molar-refractivity contribution is 0.0404. The predicted octanol–water partition coefficient (Wildman–Crippen LogP) is 3.71. The molecule has 0 fully saturated rings. The van der Waals surface area contributed by atoms with Crippen molar-refractivity contribution in [2.75, 3.05) is 6.61 Å². The fraction of sp³-hybridized carbons (Fsp3) is 0.273. The van der Waals surface area contributed by atoms with Crippen molar-refractivity contribution >= 4 is 10.8 Å². The SMILES string of the molecule is C[C@H](O)[C@@](C)(CO)NCc1ccc2c3c(cccc13)-c1ccccc1-2. The van der Waals surface area contributed by atoms with Crippen molar-refractivity contribution < 1.29 is 10.2 Å². The molecule has 3 aromatic carbocycles. The van der Waals surface area contributed by atoms with Crippen molar-refractivity contribution in [3.63, 3.8) is 0 Å². The Hall–Kier alpha value is -2.20. The highest BCUT2D eigenvalue weighted by atomic mass is 16.3. The Morgan fingerprint density at radius 1 is 0.920 bits per heavy atom. The average molecular weight is 333 g/mol. The number of aliphatic hydroxyl groups excluding tert-OH is 2. The summed E-state index contributed by atoms with van der Waals surface area (Å²) in [6.07, 6.45) is -0.640. The van der Waals surface area contributed by atoms with E-state index in [1.165, 1.54) is 38.6 Å². The van der Waals surface area contributed by atoms with Gasteiger partial charge in [-0.3, -0.25) is 0 Å². The van der Waals surface area contributed by atoms with Gasteiger partial charge >= 0.3 is 0 Å². The van der Waals surface area contributed by atoms with Gasteiger partial charge in [0.05, 0.1) is 18.2 Å². The Kier molecular flexibility index (Phi) is 3.88. The first-order valence-electron chi connectivity index (χ1n) is 8.73. The standard InChI is InChI=1S/C22H23NO2/c1-14(25)22(2,13-24)23-12-15-10-11-20-18-7-4-3-6-17(18)19-9-5-8-16(15)21(19)20/h3-11,14,23-25H,12-13H2,1-2H3/t14-,22+/m0/s1. The summed E-state index contributed by atoms with van der Waals surface area (Å²) >= 11 is 0. The Labute approximate surface area is 147 Å². The molecule has 2 atom stereocenters. The van der Waals surface area contributed by atoms with E-state index < -0.39 is 11.6 Å². The second-order valence-electron chi connectivity index (χ2n) is 7.15. The number of hydrogen-bond donors (Lipinski definition) is 3. The Balaban J connectivity index is 1.78. The quantitative estimate of drug-likeness (QED) is 0.522. The Bertz CT molecular complexity index is 919. The molecule has 4 rings (SSSR count). The number of hydrogen-bond acceptors (Lipinski definition) is 3. The molecule has 3 heteroatoms. The summed E-state index contributed by atoms with van der Waals surface area (Å²) in [5, 5.41) is 25.5. The van der Waals surface area contributed by atoms with E-state index in [0.29, 0.717) is 6.54 Å². The van der Waals surface area contributed by atoms with E-state index in [-0.39, 0.29) is 6.61 Å². The second-order valence-corrected chi connectivity index (χ2v) is 7.15. The summed E-state index contributed by atoms with van der Waals surface area (Å²) in [7, 11) is 0. The number of benzene rings is 3. The van der Waals surface area contributed by atoms with Crippen LogP contribution in [0.5, 0.6) is 0 Å². The molecule has 1 aliphatic carbocycles. The molecule has 25 heavy (non-hydrogen) atoms. The monoisotopic (exact) mass is 333 g/mol. The van der Waals surface area contributed by atoms with Crippen LogP contribution in [0.25, 0.3) is 33.0 Å². The van der Waals surface area contributed by atoms with Crippen LogP contribution in [0.4, 0.5) is 0 Å². The average Bonchev–Trinajstić information content (AvgIpc) is 2.97. The summed E-state index contributed by atoms with van der Waals surface area (Å²) in [6.45, 7) is 4.02. The number of nitrogens with one attached hydrogen (secondary N) is 1. The summed E-state index contributed by atoms with van der Waals surface area (Å²) < 4.78 is 0. The smallest absolute Gasteiger partial charge is 0.0713 e. The van der Waals surface area contributed by atoms with Gasteiger partial charge in [-0.1, -0.05) is 54.6 Å². The molecule has 0 spiro atoms. The van der Waals surface area contributed by atoms with E-state index >= 15 is 0 Å². The first-order chi connectivity index (χ1) is 12.0. The van der Waals surface area contributed by atoms with Crippen molar-refractivity contribution in [3.8, 4) is 22.3 Å². The van der Waals surface area contributed by atoms with E-state index in [9.17, 15) is 10.2 Å². The maximum Gasteiger partial charge on any atom is 0.0713 e. The molecule has 1 aliphatic rings. The molecular formula is C22H23NO2. The van der Waals surface area contributed by atoms with Crippen LogP contribution in [0.1, 0.15) is 19.4 Å². The molecule has 0 saturated carbocycles. The fourth-order valence-corrected chi connectivity index (χ4v) is 3.66. The van der Waals surface area contributed by atoms with E-state index in [1.807, 2.05) is 6.92 Å². The predicted molar refractivity (Wildman–Crippen MR) is 102 cm³/mol. The summed E-state index contributed by atoms with van der Waals surface area (Å²) in [5.41, 5.74) is 5.60. The highest BCUT2D eigenvalue weighted by Crippen LogP contribution is 2.47. The van der Waals surface area contributed by atoms with Gasteiger partial charge in [0.1, 0.15) is 0 Å². The second kappa shape index (κ2) is 5.95. The number of rotatable bonds is 5. The molecule has 3 aromatic rings. The summed E-state index contributed by atoms with van der Waals surface area (Å²) in [6, 6.07) is 19.3. The Morgan fingerprint density at radius 2 is 1.56 bits per heavy atom. The van der Waals surface area contributed by atoms with Gasteiger partial charge in [-0.25, -0.2) is 0 Å². The molecule has 0 saturated heterocycles. The molecule has 0 radical (unpaired) electrons. The first-order valence-corrected chi connectivity index (χ1v) is 8.73. The maximum absolute atomic E-state index is 9.96. The van der Waals surface area contributed by atoms with Crippen LogP contribution >= 0.6 is 0 Å². The lowest BCUT2D eigenvalue weighted by Gasteiger charge is -2.32. The van der Waals surface area contributed by atoms with Gasteiger partial charge in [0.15, 0.2) is 0 Å². The molecule has 0 aromatic heterocycles. The van der Waals surface area contributed by atoms with Crippen LogP contribution in [0.3, 0.4) is 0 Å². The zero-order valence-corrected chi connectivity index (χ0v) is 14.6. The van der Waals surface area contributed by atoms with Crippen LogP contribution in [0, 0.1) is 0 Å². The summed E-state index contributed by atoms with van der Waals surface area (Å²) in [4.78, 5) is 0. The van der Waals surface area contributed by atoms with Crippen LogP contribution in [0.15, 0.2) is 54.6 Å². The molecule has 0 aliphatic heterocycles. The molecule has 0 amide bonds. The van der Waals surface area contributed by atoms with Crippen molar-refractivity contribution in [3.05, 3.63) is 60.2 Å². The van der Waals surface area contributed by atoms with Gasteiger partial charge in [0, 0.05) is 6.54 Å². The number of aliphatic hydroxyl groups is 2. The lowest BCUT2D eigenvalue weighted by Crippen LogP contribution is -2.53. The molecular weight excluding hydrogens is 310 g/mol. The maximum atomic E-state index is 9.96. The highest BCUT2D eigenvalue weighted by Gasteiger charge is 2.29.